The molecule has 1 fully saturated rings. The largest absolute Gasteiger partial charge is 0.419 e. The molecule has 7 nitrogen and oxygen atoms in total. The van der Waals surface area contributed by atoms with Crippen LogP contribution in [0.2, 0.25) is 0 Å². The summed E-state index contributed by atoms with van der Waals surface area (Å²) in [6, 6.07) is 12.6. The van der Waals surface area contributed by atoms with Gasteiger partial charge in [0.2, 0.25) is 0 Å². The zero-order chi connectivity index (χ0) is 25.9. The first-order valence-electron chi connectivity index (χ1n) is 11.1. The number of carbonyl (C=O) groups excluding carboxylic acids is 2. The Balaban J connectivity index is 1.33. The minimum atomic E-state index is -4.87. The molecule has 36 heavy (non-hydrogen) atoms. The fourth-order valence-corrected chi connectivity index (χ4v) is 3.86. The fourth-order valence-electron chi connectivity index (χ4n) is 3.86. The van der Waals surface area contributed by atoms with Crippen molar-refractivity contribution in [2.75, 3.05) is 43.4 Å². The van der Waals surface area contributed by atoms with Crippen molar-refractivity contribution in [3.63, 3.8) is 0 Å². The first kappa shape index (κ1) is 25.0. The fraction of sp³-hybridized carbons (Fsp3) is 0.240. The third-order valence-corrected chi connectivity index (χ3v) is 5.93. The molecular weight excluding hydrogens is 478 g/mol. The van der Waals surface area contributed by atoms with Gasteiger partial charge in [0, 0.05) is 68.2 Å². The Labute approximate surface area is 204 Å². The smallest absolute Gasteiger partial charge is 0.345 e. The summed E-state index contributed by atoms with van der Waals surface area (Å²) in [5, 5.41) is 2.37. The van der Waals surface area contributed by atoms with Crippen LogP contribution >= 0.6 is 0 Å². The molecule has 1 N–H and O–H groups in total. The van der Waals surface area contributed by atoms with E-state index in [9.17, 15) is 27.2 Å². The number of benzene rings is 2. The minimum Gasteiger partial charge on any atom is -0.345 e. The van der Waals surface area contributed by atoms with E-state index in [0.29, 0.717) is 17.7 Å². The lowest BCUT2D eigenvalue weighted by Gasteiger charge is -2.34. The summed E-state index contributed by atoms with van der Waals surface area (Å²) in [5.41, 5.74) is 0.742. The van der Waals surface area contributed by atoms with Gasteiger partial charge in [0.05, 0.1) is 5.56 Å². The van der Waals surface area contributed by atoms with Gasteiger partial charge in [-0.2, -0.15) is 13.2 Å². The second-order valence-electron chi connectivity index (χ2n) is 8.21. The van der Waals surface area contributed by atoms with E-state index in [1.165, 1.54) is 4.90 Å². The molecule has 0 radical (unpaired) electrons. The summed E-state index contributed by atoms with van der Waals surface area (Å²) < 4.78 is 52.2. The van der Waals surface area contributed by atoms with E-state index in [1.807, 2.05) is 36.2 Å². The number of nitrogens with one attached hydrogen (secondary N) is 1. The Bertz CT molecular complexity index is 1230. The average Bonchev–Trinajstić information content (AvgIpc) is 2.89. The normalized spacial score (nSPS) is 13.9. The van der Waals surface area contributed by atoms with E-state index in [1.54, 1.807) is 29.4 Å². The average molecular weight is 501 g/mol. The van der Waals surface area contributed by atoms with E-state index in [-0.39, 0.29) is 37.8 Å². The molecule has 0 atom stereocenters. The van der Waals surface area contributed by atoms with Gasteiger partial charge in [0.1, 0.15) is 5.82 Å². The monoisotopic (exact) mass is 501 g/mol. The molecule has 0 saturated carbocycles. The second kappa shape index (κ2) is 10.2. The van der Waals surface area contributed by atoms with Crippen molar-refractivity contribution in [2.45, 2.75) is 6.18 Å². The Kier molecular flexibility index (Phi) is 7.09. The summed E-state index contributed by atoms with van der Waals surface area (Å²) in [6.45, 7) is 0.936. The molecule has 2 heterocycles. The summed E-state index contributed by atoms with van der Waals surface area (Å²) >= 11 is 0. The van der Waals surface area contributed by atoms with Crippen LogP contribution in [0.15, 0.2) is 67.0 Å². The number of anilines is 3. The van der Waals surface area contributed by atoms with Crippen LogP contribution in [-0.2, 0) is 6.18 Å². The number of urea groups is 1. The Hall–Kier alpha value is -4.15. The quantitative estimate of drug-likeness (QED) is 0.511. The van der Waals surface area contributed by atoms with Gasteiger partial charge in [-0.15, -0.1) is 0 Å². The number of nitrogens with zero attached hydrogens (tertiary/aromatic N) is 4. The van der Waals surface area contributed by atoms with Gasteiger partial charge >= 0.3 is 12.2 Å². The van der Waals surface area contributed by atoms with Gasteiger partial charge in [-0.1, -0.05) is 0 Å². The summed E-state index contributed by atoms with van der Waals surface area (Å²) in [6.07, 6.45) is -1.48. The Morgan fingerprint density at radius 3 is 2.08 bits per heavy atom. The number of piperazine rings is 1. The molecule has 0 bridgehead atoms. The van der Waals surface area contributed by atoms with Crippen LogP contribution in [0.3, 0.4) is 0 Å². The highest BCUT2D eigenvalue weighted by Gasteiger charge is 2.34. The Morgan fingerprint density at radius 1 is 0.889 bits per heavy atom. The number of aromatic nitrogens is 1. The number of amides is 3. The molecule has 11 heteroatoms. The highest BCUT2D eigenvalue weighted by Crippen LogP contribution is 2.33. The van der Waals surface area contributed by atoms with Crippen LogP contribution < -0.4 is 10.2 Å². The van der Waals surface area contributed by atoms with Gasteiger partial charge < -0.3 is 20.0 Å². The third-order valence-electron chi connectivity index (χ3n) is 5.93. The van der Waals surface area contributed by atoms with E-state index in [2.05, 4.69) is 10.3 Å². The van der Waals surface area contributed by atoms with E-state index < -0.39 is 23.6 Å². The first-order valence-corrected chi connectivity index (χ1v) is 11.1. The van der Waals surface area contributed by atoms with Crippen LogP contribution in [0.25, 0.3) is 0 Å². The lowest BCUT2D eigenvalue weighted by atomic mass is 10.1. The highest BCUT2D eigenvalue weighted by molar-refractivity contribution is 5.95. The minimum absolute atomic E-state index is 0.163. The number of carbonyl (C=O) groups is 2. The first-order chi connectivity index (χ1) is 17.1. The van der Waals surface area contributed by atoms with Crippen LogP contribution in [0.4, 0.5) is 39.4 Å². The van der Waals surface area contributed by atoms with E-state index in [0.717, 1.165) is 17.4 Å². The van der Waals surface area contributed by atoms with Crippen molar-refractivity contribution in [3.8, 4) is 0 Å². The topological polar surface area (TPSA) is 68.8 Å². The molecule has 1 aliphatic heterocycles. The molecule has 2 aromatic carbocycles. The zero-order valence-electron chi connectivity index (χ0n) is 19.3. The third kappa shape index (κ3) is 5.56. The molecular formula is C25H23F4N5O2. The number of halogens is 4. The number of hydrogen-bond acceptors (Lipinski definition) is 4. The molecule has 4 rings (SSSR count). The lowest BCUT2D eigenvalue weighted by molar-refractivity contribution is -0.139. The molecule has 1 aromatic heterocycles. The predicted molar refractivity (Wildman–Crippen MR) is 127 cm³/mol. The maximum atomic E-state index is 13.5. The van der Waals surface area contributed by atoms with Crippen LogP contribution in [0.5, 0.6) is 0 Å². The number of rotatable bonds is 4. The molecule has 188 valence electrons. The van der Waals surface area contributed by atoms with Crippen molar-refractivity contribution < 1.29 is 27.2 Å². The molecule has 1 aliphatic rings. The van der Waals surface area contributed by atoms with Crippen LogP contribution in [0.1, 0.15) is 15.9 Å². The van der Waals surface area contributed by atoms with Gasteiger partial charge in [-0.3, -0.25) is 9.78 Å². The van der Waals surface area contributed by atoms with Crippen molar-refractivity contribution in [1.29, 1.82) is 0 Å². The van der Waals surface area contributed by atoms with Crippen LogP contribution in [0, 0.1) is 5.82 Å². The summed E-state index contributed by atoms with van der Waals surface area (Å²) in [7, 11) is 1.91. The molecule has 0 unspecified atom stereocenters. The number of hydrogen-bond donors (Lipinski definition) is 1. The van der Waals surface area contributed by atoms with Crippen LogP contribution in [-0.4, -0.2) is 59.9 Å². The lowest BCUT2D eigenvalue weighted by Crippen LogP contribution is -2.51. The van der Waals surface area contributed by atoms with E-state index >= 15 is 0 Å². The zero-order valence-corrected chi connectivity index (χ0v) is 19.3. The molecule has 1 saturated heterocycles. The summed E-state index contributed by atoms with van der Waals surface area (Å²) in [5.74, 6) is -1.59. The van der Waals surface area contributed by atoms with Crippen molar-refractivity contribution in [2.24, 2.45) is 0 Å². The maximum absolute atomic E-state index is 13.5. The highest BCUT2D eigenvalue weighted by atomic mass is 19.4. The molecule has 3 amide bonds. The van der Waals surface area contributed by atoms with Gasteiger partial charge in [-0.05, 0) is 54.6 Å². The molecule has 3 aromatic rings. The van der Waals surface area contributed by atoms with Crippen molar-refractivity contribution in [3.05, 3.63) is 83.9 Å². The second-order valence-corrected chi connectivity index (χ2v) is 8.21. The van der Waals surface area contributed by atoms with Gasteiger partial charge in [0.25, 0.3) is 5.91 Å². The number of pyridine rings is 1. The van der Waals surface area contributed by atoms with Gasteiger partial charge in [0.15, 0.2) is 0 Å². The van der Waals surface area contributed by atoms with Gasteiger partial charge in [-0.25, -0.2) is 9.18 Å². The summed E-state index contributed by atoms with van der Waals surface area (Å²) in [4.78, 5) is 34.4. The Morgan fingerprint density at radius 2 is 1.47 bits per heavy atom. The standard InChI is InChI=1S/C25H23F4N5O2/c1-32(20-8-10-30-11-9-20)19-5-2-17(3-6-19)23(35)33-12-14-34(15-13-33)24(36)31-18-4-7-22(26)21(16-18)25(27,28)29/h2-11,16H,12-15H2,1H3,(H,31,36). The van der Waals surface area contributed by atoms with Crippen molar-refractivity contribution in [1.82, 2.24) is 14.8 Å². The van der Waals surface area contributed by atoms with E-state index in [4.69, 9.17) is 0 Å². The molecule has 0 aliphatic carbocycles. The number of alkyl halides is 3. The maximum Gasteiger partial charge on any atom is 0.419 e. The predicted octanol–water partition coefficient (Wildman–Crippen LogP) is 5.00. The SMILES string of the molecule is CN(c1ccncc1)c1ccc(C(=O)N2CCN(C(=O)Nc3ccc(F)c(C(F)(F)F)c3)CC2)cc1. The molecule has 0 spiro atoms. The van der Waals surface area contributed by atoms with Crippen molar-refractivity contribution >= 4 is 29.0 Å².